The topological polar surface area (TPSA) is 0 Å². The Balaban J connectivity index is 3.17. The molecule has 0 spiro atoms. The molecule has 1 radical (unpaired) electrons. The van der Waals surface area contributed by atoms with E-state index >= 15 is 0 Å². The molecule has 77 valence electrons. The van der Waals surface area contributed by atoms with Gasteiger partial charge in [0.1, 0.15) is 0 Å². The molecule has 0 fully saturated rings. The van der Waals surface area contributed by atoms with Gasteiger partial charge in [-0.25, -0.2) is 0 Å². The van der Waals surface area contributed by atoms with Gasteiger partial charge >= 0.3 is 0 Å². The van der Waals surface area contributed by atoms with E-state index in [0.717, 1.165) is 12.8 Å². The number of aryl methyl sites for hydroxylation is 2. The highest BCUT2D eigenvalue weighted by Crippen LogP contribution is 2.24. The van der Waals surface area contributed by atoms with Gasteiger partial charge < -0.3 is 0 Å². The normalized spacial score (nSPS) is 11.8. The van der Waals surface area contributed by atoms with Gasteiger partial charge in [0, 0.05) is 0 Å². The van der Waals surface area contributed by atoms with Gasteiger partial charge in [-0.15, -0.1) is 0 Å². The Hall–Kier alpha value is -0.780. The molecule has 0 aliphatic rings. The van der Waals surface area contributed by atoms with Gasteiger partial charge in [0.05, 0.1) is 0 Å². The fourth-order valence-corrected chi connectivity index (χ4v) is 1.51. The highest BCUT2D eigenvalue weighted by Gasteiger charge is 2.14. The second kappa shape index (κ2) is 4.16. The van der Waals surface area contributed by atoms with E-state index in [1.807, 2.05) is 0 Å². The first kappa shape index (κ1) is 11.3. The molecule has 0 saturated heterocycles. The molecular weight excluding hydrogens is 168 g/mol. The van der Waals surface area contributed by atoms with Crippen LogP contribution in [0, 0.1) is 6.07 Å². The van der Waals surface area contributed by atoms with E-state index < -0.39 is 0 Å². The first-order chi connectivity index (χ1) is 6.47. The van der Waals surface area contributed by atoms with Crippen LogP contribution in [0.1, 0.15) is 51.3 Å². The molecule has 1 aromatic rings. The summed E-state index contributed by atoms with van der Waals surface area (Å²) in [7, 11) is 0. The van der Waals surface area contributed by atoms with Crippen LogP contribution >= 0.6 is 0 Å². The van der Waals surface area contributed by atoms with E-state index in [0.29, 0.717) is 0 Å². The molecule has 14 heavy (non-hydrogen) atoms. The smallest absolute Gasteiger partial charge is 0.0114 e. The molecule has 0 saturated carbocycles. The molecule has 0 unspecified atom stereocenters. The van der Waals surface area contributed by atoms with Crippen molar-refractivity contribution < 1.29 is 0 Å². The SMILES string of the molecule is CCc1[c]c(CC)cc(C(C)(C)C)c1. The van der Waals surface area contributed by atoms with E-state index in [4.69, 9.17) is 0 Å². The largest absolute Gasteiger partial charge is 0.0613 e. The lowest BCUT2D eigenvalue weighted by atomic mass is 9.84. The second-order valence-corrected chi connectivity index (χ2v) is 4.88. The van der Waals surface area contributed by atoms with Gasteiger partial charge in [0.15, 0.2) is 0 Å². The summed E-state index contributed by atoms with van der Waals surface area (Å²) < 4.78 is 0. The lowest BCUT2D eigenvalue weighted by molar-refractivity contribution is 0.588. The number of hydrogen-bond acceptors (Lipinski definition) is 0. The predicted octanol–water partition coefficient (Wildman–Crippen LogP) is 3.91. The maximum atomic E-state index is 3.46. The molecule has 0 heterocycles. The summed E-state index contributed by atoms with van der Waals surface area (Å²) in [6.45, 7) is 11.2. The lowest BCUT2D eigenvalue weighted by Gasteiger charge is -2.20. The van der Waals surface area contributed by atoms with E-state index in [1.54, 1.807) is 0 Å². The Labute approximate surface area is 88.4 Å². The molecule has 0 N–H and O–H groups in total. The first-order valence-corrected chi connectivity index (χ1v) is 5.53. The molecule has 0 aliphatic heterocycles. The molecule has 1 aromatic carbocycles. The maximum Gasteiger partial charge on any atom is -0.0114 e. The average Bonchev–Trinajstić information content (AvgIpc) is 2.15. The zero-order valence-corrected chi connectivity index (χ0v) is 10.1. The highest BCUT2D eigenvalue weighted by atomic mass is 14.2. The van der Waals surface area contributed by atoms with Crippen LogP contribution in [0.2, 0.25) is 0 Å². The number of hydrogen-bond donors (Lipinski definition) is 0. The zero-order chi connectivity index (χ0) is 10.8. The summed E-state index contributed by atoms with van der Waals surface area (Å²) >= 11 is 0. The van der Waals surface area contributed by atoms with Crippen LogP contribution in [0.25, 0.3) is 0 Å². The van der Waals surface area contributed by atoms with Gasteiger partial charge in [-0.2, -0.15) is 0 Å². The molecular formula is C14H21. The predicted molar refractivity (Wildman–Crippen MR) is 62.7 cm³/mol. The zero-order valence-electron chi connectivity index (χ0n) is 10.1. The van der Waals surface area contributed by atoms with Crippen LogP contribution in [0.3, 0.4) is 0 Å². The Morgan fingerprint density at radius 2 is 1.43 bits per heavy atom. The van der Waals surface area contributed by atoms with Crippen LogP contribution in [0.5, 0.6) is 0 Å². The van der Waals surface area contributed by atoms with Gasteiger partial charge in [0.25, 0.3) is 0 Å². The van der Waals surface area contributed by atoms with E-state index in [9.17, 15) is 0 Å². The summed E-state index contributed by atoms with van der Waals surface area (Å²) in [6, 6.07) is 8.04. The van der Waals surface area contributed by atoms with Crippen molar-refractivity contribution in [3.63, 3.8) is 0 Å². The minimum atomic E-state index is 0.253. The third-order valence-corrected chi connectivity index (χ3v) is 2.61. The van der Waals surface area contributed by atoms with E-state index in [-0.39, 0.29) is 5.41 Å². The van der Waals surface area contributed by atoms with E-state index in [2.05, 4.69) is 52.8 Å². The molecule has 1 rings (SSSR count). The minimum absolute atomic E-state index is 0.253. The standard InChI is InChI=1S/C14H21/c1-6-11-8-12(7-2)10-13(9-11)14(3,4)5/h9-10H,6-7H2,1-5H3. The van der Waals surface area contributed by atoms with Crippen LogP contribution in [-0.2, 0) is 18.3 Å². The van der Waals surface area contributed by atoms with Crippen LogP contribution < -0.4 is 0 Å². The third kappa shape index (κ3) is 2.60. The Kier molecular flexibility index (Phi) is 3.36. The third-order valence-electron chi connectivity index (χ3n) is 2.61. The lowest BCUT2D eigenvalue weighted by Crippen LogP contribution is -2.12. The van der Waals surface area contributed by atoms with Crippen LogP contribution in [-0.4, -0.2) is 0 Å². The van der Waals surface area contributed by atoms with Gasteiger partial charge in [0.2, 0.25) is 0 Å². The van der Waals surface area contributed by atoms with Crippen molar-refractivity contribution >= 4 is 0 Å². The van der Waals surface area contributed by atoms with Crippen LogP contribution in [0.4, 0.5) is 0 Å². The molecule has 0 nitrogen and oxygen atoms in total. The van der Waals surface area contributed by atoms with Crippen molar-refractivity contribution in [2.45, 2.75) is 52.9 Å². The molecule has 0 heteroatoms. The Bertz CT molecular complexity index is 280. The van der Waals surface area contributed by atoms with Crippen LogP contribution in [0.15, 0.2) is 12.1 Å². The summed E-state index contributed by atoms with van der Waals surface area (Å²) in [4.78, 5) is 0. The monoisotopic (exact) mass is 189 g/mol. The van der Waals surface area contributed by atoms with Crippen molar-refractivity contribution in [2.75, 3.05) is 0 Å². The Morgan fingerprint density at radius 3 is 1.71 bits per heavy atom. The maximum absolute atomic E-state index is 3.46. The van der Waals surface area contributed by atoms with Crippen molar-refractivity contribution in [1.29, 1.82) is 0 Å². The summed E-state index contributed by atoms with van der Waals surface area (Å²) in [5.41, 5.74) is 4.37. The summed E-state index contributed by atoms with van der Waals surface area (Å²) in [6.07, 6.45) is 2.16. The molecule has 0 aliphatic carbocycles. The van der Waals surface area contributed by atoms with Crippen molar-refractivity contribution in [1.82, 2.24) is 0 Å². The summed E-state index contributed by atoms with van der Waals surface area (Å²) in [5, 5.41) is 0. The highest BCUT2D eigenvalue weighted by molar-refractivity contribution is 5.33. The summed E-state index contributed by atoms with van der Waals surface area (Å²) in [5.74, 6) is 0. The average molecular weight is 189 g/mol. The second-order valence-electron chi connectivity index (χ2n) is 4.88. The first-order valence-electron chi connectivity index (χ1n) is 5.53. The fraction of sp³-hybridized carbons (Fsp3) is 0.571. The van der Waals surface area contributed by atoms with E-state index in [1.165, 1.54) is 16.7 Å². The minimum Gasteiger partial charge on any atom is -0.0613 e. The van der Waals surface area contributed by atoms with Crippen molar-refractivity contribution in [2.24, 2.45) is 0 Å². The number of benzene rings is 1. The Morgan fingerprint density at radius 1 is 1.00 bits per heavy atom. The van der Waals surface area contributed by atoms with Gasteiger partial charge in [-0.1, -0.05) is 46.8 Å². The fourth-order valence-electron chi connectivity index (χ4n) is 1.51. The van der Waals surface area contributed by atoms with Crippen molar-refractivity contribution in [3.8, 4) is 0 Å². The molecule has 0 atom stereocenters. The molecule has 0 amide bonds. The van der Waals surface area contributed by atoms with Gasteiger partial charge in [-0.3, -0.25) is 0 Å². The van der Waals surface area contributed by atoms with Crippen molar-refractivity contribution in [3.05, 3.63) is 34.9 Å². The van der Waals surface area contributed by atoms with Gasteiger partial charge in [-0.05, 0) is 41.0 Å². The number of rotatable bonds is 2. The quantitative estimate of drug-likeness (QED) is 0.661. The molecule has 0 aromatic heterocycles. The molecule has 0 bridgehead atoms.